The first-order chi connectivity index (χ1) is 6.20. The van der Waals surface area contributed by atoms with Gasteiger partial charge in [-0.15, -0.1) is 11.6 Å². The van der Waals surface area contributed by atoms with E-state index in [4.69, 9.17) is 11.6 Å². The van der Waals surface area contributed by atoms with Gasteiger partial charge in [0.15, 0.2) is 0 Å². The quantitative estimate of drug-likeness (QED) is 0.585. The number of alkyl halides is 1. The molecule has 0 radical (unpaired) electrons. The van der Waals surface area contributed by atoms with Gasteiger partial charge < -0.3 is 9.88 Å². The van der Waals surface area contributed by atoms with Crippen LogP contribution in [-0.2, 0) is 7.05 Å². The Kier molecular flexibility index (Phi) is 4.09. The normalized spacial score (nSPS) is 12.8. The summed E-state index contributed by atoms with van der Waals surface area (Å²) >= 11 is 5.82. The monoisotopic (exact) mass is 201 g/mol. The van der Waals surface area contributed by atoms with E-state index in [0.29, 0.717) is 0 Å². The number of aromatic nitrogens is 2. The molecule has 3 nitrogen and oxygen atoms in total. The molecule has 74 valence electrons. The summed E-state index contributed by atoms with van der Waals surface area (Å²) < 4.78 is 1.96. The maximum absolute atomic E-state index is 5.82. The summed E-state index contributed by atoms with van der Waals surface area (Å²) in [5, 5.41) is 3.51. The molecule has 0 spiro atoms. The molecule has 1 aromatic heterocycles. The Balaban J connectivity index is 2.17. The van der Waals surface area contributed by atoms with Crippen LogP contribution in [0.4, 0.5) is 5.95 Å². The van der Waals surface area contributed by atoms with Crippen LogP contribution in [-0.4, -0.2) is 21.5 Å². The third kappa shape index (κ3) is 3.68. The van der Waals surface area contributed by atoms with Gasteiger partial charge in [-0.25, -0.2) is 4.98 Å². The number of halogens is 1. The zero-order valence-corrected chi connectivity index (χ0v) is 8.88. The van der Waals surface area contributed by atoms with Gasteiger partial charge in [-0.05, 0) is 19.8 Å². The van der Waals surface area contributed by atoms with Crippen LogP contribution in [0, 0.1) is 0 Å². The molecule has 0 amide bonds. The van der Waals surface area contributed by atoms with Crippen molar-refractivity contribution >= 4 is 17.5 Å². The van der Waals surface area contributed by atoms with Crippen LogP contribution in [0.1, 0.15) is 19.8 Å². The standard InChI is InChI=1S/C9H16ClN3/c1-8(10)4-3-5-11-9-12-6-7-13(9)2/h6-8H,3-5H2,1-2H3,(H,11,12). The molecule has 0 aliphatic carbocycles. The number of nitrogens with zero attached hydrogens (tertiary/aromatic N) is 2. The van der Waals surface area contributed by atoms with Crippen LogP contribution < -0.4 is 5.32 Å². The van der Waals surface area contributed by atoms with E-state index < -0.39 is 0 Å². The number of aryl methyl sites for hydroxylation is 1. The topological polar surface area (TPSA) is 29.9 Å². The summed E-state index contributed by atoms with van der Waals surface area (Å²) in [5.74, 6) is 0.919. The molecule has 1 atom stereocenters. The minimum atomic E-state index is 0.267. The lowest BCUT2D eigenvalue weighted by Gasteiger charge is -2.06. The molecular weight excluding hydrogens is 186 g/mol. The highest BCUT2D eigenvalue weighted by molar-refractivity contribution is 6.20. The summed E-state index contributed by atoms with van der Waals surface area (Å²) in [7, 11) is 1.97. The SMILES string of the molecule is CC(Cl)CCCNc1nccn1C. The second-order valence-electron chi connectivity index (χ2n) is 3.21. The third-order valence-electron chi connectivity index (χ3n) is 1.88. The van der Waals surface area contributed by atoms with Crippen LogP contribution >= 0.6 is 11.6 Å². The van der Waals surface area contributed by atoms with E-state index in [1.807, 2.05) is 24.7 Å². The average molecular weight is 202 g/mol. The van der Waals surface area contributed by atoms with Crippen molar-refractivity contribution < 1.29 is 0 Å². The first kappa shape index (κ1) is 10.4. The van der Waals surface area contributed by atoms with E-state index in [-0.39, 0.29) is 5.38 Å². The zero-order chi connectivity index (χ0) is 9.68. The smallest absolute Gasteiger partial charge is 0.202 e. The summed E-state index contributed by atoms with van der Waals surface area (Å²) in [5.41, 5.74) is 0. The molecule has 1 heterocycles. The van der Waals surface area contributed by atoms with Gasteiger partial charge in [-0.2, -0.15) is 0 Å². The lowest BCUT2D eigenvalue weighted by molar-refractivity contribution is 0.742. The van der Waals surface area contributed by atoms with Crippen molar-refractivity contribution in [1.82, 2.24) is 9.55 Å². The molecule has 13 heavy (non-hydrogen) atoms. The highest BCUT2D eigenvalue weighted by Gasteiger charge is 1.98. The zero-order valence-electron chi connectivity index (χ0n) is 8.13. The highest BCUT2D eigenvalue weighted by Crippen LogP contribution is 2.05. The Hall–Kier alpha value is -0.700. The van der Waals surface area contributed by atoms with Gasteiger partial charge >= 0.3 is 0 Å². The predicted molar refractivity (Wildman–Crippen MR) is 56.2 cm³/mol. The van der Waals surface area contributed by atoms with Crippen molar-refractivity contribution in [2.24, 2.45) is 7.05 Å². The molecule has 0 aliphatic rings. The Morgan fingerprint density at radius 3 is 3.00 bits per heavy atom. The largest absolute Gasteiger partial charge is 0.356 e. The average Bonchev–Trinajstić information content (AvgIpc) is 2.45. The molecule has 1 rings (SSSR count). The van der Waals surface area contributed by atoms with Crippen molar-refractivity contribution in [3.05, 3.63) is 12.4 Å². The van der Waals surface area contributed by atoms with Gasteiger partial charge in [0.25, 0.3) is 0 Å². The second-order valence-corrected chi connectivity index (χ2v) is 3.96. The number of hydrogen-bond acceptors (Lipinski definition) is 2. The maximum Gasteiger partial charge on any atom is 0.202 e. The summed E-state index contributed by atoms with van der Waals surface area (Å²) in [6, 6.07) is 0. The van der Waals surface area contributed by atoms with Crippen LogP contribution in [0.15, 0.2) is 12.4 Å². The number of imidazole rings is 1. The van der Waals surface area contributed by atoms with E-state index in [1.165, 1.54) is 0 Å². The number of anilines is 1. The Labute approximate surface area is 84.1 Å². The molecule has 1 aromatic rings. The molecule has 0 saturated heterocycles. The molecule has 0 saturated carbocycles. The van der Waals surface area contributed by atoms with E-state index in [9.17, 15) is 0 Å². The van der Waals surface area contributed by atoms with Gasteiger partial charge in [-0.3, -0.25) is 0 Å². The van der Waals surface area contributed by atoms with Crippen LogP contribution in [0.3, 0.4) is 0 Å². The first-order valence-corrected chi connectivity index (χ1v) is 4.99. The van der Waals surface area contributed by atoms with Gasteiger partial charge in [0.05, 0.1) is 0 Å². The molecule has 0 aliphatic heterocycles. The Morgan fingerprint density at radius 2 is 2.46 bits per heavy atom. The number of hydrogen-bond donors (Lipinski definition) is 1. The lowest BCUT2D eigenvalue weighted by atomic mass is 10.2. The summed E-state index contributed by atoms with van der Waals surface area (Å²) in [6.45, 7) is 2.95. The van der Waals surface area contributed by atoms with Crippen LogP contribution in [0.2, 0.25) is 0 Å². The third-order valence-corrected chi connectivity index (χ3v) is 2.10. The van der Waals surface area contributed by atoms with E-state index in [1.54, 1.807) is 6.20 Å². The van der Waals surface area contributed by atoms with E-state index >= 15 is 0 Å². The molecule has 1 N–H and O–H groups in total. The van der Waals surface area contributed by atoms with Crippen molar-refractivity contribution in [3.63, 3.8) is 0 Å². The first-order valence-electron chi connectivity index (χ1n) is 4.55. The van der Waals surface area contributed by atoms with Crippen molar-refractivity contribution in [2.75, 3.05) is 11.9 Å². The molecule has 0 aromatic carbocycles. The molecular formula is C9H16ClN3. The molecule has 0 fully saturated rings. The summed E-state index contributed by atoms with van der Waals surface area (Å²) in [4.78, 5) is 4.15. The summed E-state index contributed by atoms with van der Waals surface area (Å²) in [6.07, 6.45) is 5.83. The van der Waals surface area contributed by atoms with E-state index in [0.717, 1.165) is 25.3 Å². The molecule has 1 unspecified atom stereocenters. The minimum absolute atomic E-state index is 0.267. The maximum atomic E-state index is 5.82. The Bertz CT molecular complexity index is 245. The predicted octanol–water partition coefficient (Wildman–Crippen LogP) is 2.24. The highest BCUT2D eigenvalue weighted by atomic mass is 35.5. The van der Waals surface area contributed by atoms with Gasteiger partial charge in [-0.1, -0.05) is 0 Å². The van der Waals surface area contributed by atoms with Crippen molar-refractivity contribution in [2.45, 2.75) is 25.1 Å². The fourth-order valence-electron chi connectivity index (χ4n) is 1.12. The lowest BCUT2D eigenvalue weighted by Crippen LogP contribution is -2.07. The number of nitrogens with one attached hydrogen (secondary N) is 1. The van der Waals surface area contributed by atoms with E-state index in [2.05, 4.69) is 10.3 Å². The van der Waals surface area contributed by atoms with Gasteiger partial charge in [0, 0.05) is 31.4 Å². The number of rotatable bonds is 5. The fraction of sp³-hybridized carbons (Fsp3) is 0.667. The molecule has 0 bridgehead atoms. The fourth-order valence-corrected chi connectivity index (χ4v) is 1.27. The Morgan fingerprint density at radius 1 is 1.69 bits per heavy atom. The van der Waals surface area contributed by atoms with Crippen LogP contribution in [0.5, 0.6) is 0 Å². The van der Waals surface area contributed by atoms with Crippen LogP contribution in [0.25, 0.3) is 0 Å². The van der Waals surface area contributed by atoms with Gasteiger partial charge in [0.2, 0.25) is 5.95 Å². The van der Waals surface area contributed by atoms with Crippen molar-refractivity contribution in [3.8, 4) is 0 Å². The van der Waals surface area contributed by atoms with Gasteiger partial charge in [0.1, 0.15) is 0 Å². The minimum Gasteiger partial charge on any atom is -0.356 e. The molecule has 4 heteroatoms. The second kappa shape index (κ2) is 5.12. The van der Waals surface area contributed by atoms with Crippen molar-refractivity contribution in [1.29, 1.82) is 0 Å².